The molecule has 6 nitrogen and oxygen atoms in total. The number of rotatable bonds is 5. The lowest BCUT2D eigenvalue weighted by molar-refractivity contribution is -0.918. The van der Waals surface area contributed by atoms with Crippen LogP contribution in [0.4, 0.5) is 0 Å². The third-order valence-electron chi connectivity index (χ3n) is 6.25. The highest BCUT2D eigenvalue weighted by Crippen LogP contribution is 2.22. The highest BCUT2D eigenvalue weighted by molar-refractivity contribution is 7.89. The zero-order valence-electron chi connectivity index (χ0n) is 16.7. The lowest BCUT2D eigenvalue weighted by Crippen LogP contribution is -3.19. The molecule has 1 N–H and O–H groups in total. The fraction of sp³-hybridized carbons (Fsp3) is 0.650. The van der Waals surface area contributed by atoms with Gasteiger partial charge in [-0.2, -0.15) is 4.31 Å². The van der Waals surface area contributed by atoms with Crippen molar-refractivity contribution in [2.24, 2.45) is 0 Å². The third kappa shape index (κ3) is 4.70. The number of hydrogen-bond donors (Lipinski definition) is 1. The number of hydrogen-bond acceptors (Lipinski definition) is 3. The van der Waals surface area contributed by atoms with Crippen LogP contribution in [0.1, 0.15) is 39.0 Å². The number of quaternary nitrogens is 1. The van der Waals surface area contributed by atoms with Crippen LogP contribution in [0.5, 0.6) is 0 Å². The van der Waals surface area contributed by atoms with Crippen molar-refractivity contribution in [1.29, 1.82) is 0 Å². The van der Waals surface area contributed by atoms with Gasteiger partial charge in [0.1, 0.15) is 0 Å². The smallest absolute Gasteiger partial charge is 0.280 e. The van der Waals surface area contributed by atoms with E-state index in [4.69, 9.17) is 11.6 Å². The molecule has 1 aliphatic heterocycles. The molecule has 1 atom stereocenters. The number of likely N-dealkylation sites (N-methyl/N-ethyl adjacent to an activating group) is 1. The Balaban J connectivity index is 1.59. The second kappa shape index (κ2) is 9.11. The van der Waals surface area contributed by atoms with Gasteiger partial charge in [-0.15, -0.1) is 0 Å². The first-order valence-electron chi connectivity index (χ1n) is 10.2. The van der Waals surface area contributed by atoms with Gasteiger partial charge in [-0.25, -0.2) is 8.42 Å². The van der Waals surface area contributed by atoms with Gasteiger partial charge in [-0.1, -0.05) is 36.9 Å². The summed E-state index contributed by atoms with van der Waals surface area (Å²) < 4.78 is 27.2. The van der Waals surface area contributed by atoms with E-state index in [1.165, 1.54) is 29.6 Å². The van der Waals surface area contributed by atoms with Gasteiger partial charge in [0.05, 0.1) is 31.1 Å². The van der Waals surface area contributed by atoms with Gasteiger partial charge < -0.3 is 9.80 Å². The first kappa shape index (κ1) is 21.6. The summed E-state index contributed by atoms with van der Waals surface area (Å²) in [6, 6.07) is 6.58. The van der Waals surface area contributed by atoms with E-state index in [9.17, 15) is 13.2 Å². The molecule has 28 heavy (non-hydrogen) atoms. The van der Waals surface area contributed by atoms with Crippen molar-refractivity contribution in [1.82, 2.24) is 9.21 Å². The molecule has 1 aromatic rings. The topological polar surface area (TPSA) is 62.1 Å². The average Bonchev–Trinajstić information content (AvgIpc) is 2.73. The minimum atomic E-state index is -3.55. The van der Waals surface area contributed by atoms with Crippen LogP contribution < -0.4 is 4.90 Å². The molecule has 2 fully saturated rings. The van der Waals surface area contributed by atoms with E-state index in [-0.39, 0.29) is 16.8 Å². The Bertz CT molecular complexity index is 788. The van der Waals surface area contributed by atoms with E-state index in [0.29, 0.717) is 37.2 Å². The minimum Gasteiger partial charge on any atom is -0.338 e. The number of sulfonamides is 1. The largest absolute Gasteiger partial charge is 0.338 e. The van der Waals surface area contributed by atoms with Crippen LogP contribution in [0.25, 0.3) is 0 Å². The Hall–Kier alpha value is -1.15. The number of piperazine rings is 1. The molecule has 1 aliphatic carbocycles. The fourth-order valence-corrected chi connectivity index (χ4v) is 6.09. The first-order chi connectivity index (χ1) is 13.3. The Morgan fingerprint density at radius 3 is 2.46 bits per heavy atom. The van der Waals surface area contributed by atoms with Crippen LogP contribution in [0, 0.1) is 0 Å². The predicted molar refractivity (Wildman–Crippen MR) is 110 cm³/mol. The van der Waals surface area contributed by atoms with Gasteiger partial charge in [-0.05, 0) is 38.0 Å². The van der Waals surface area contributed by atoms with Crippen molar-refractivity contribution in [3.63, 3.8) is 0 Å². The monoisotopic (exact) mass is 428 g/mol. The molecule has 0 bridgehead atoms. The number of amides is 1. The van der Waals surface area contributed by atoms with E-state index in [1.807, 2.05) is 18.9 Å². The highest BCUT2D eigenvalue weighted by Gasteiger charge is 2.36. The maximum absolute atomic E-state index is 12.9. The summed E-state index contributed by atoms with van der Waals surface area (Å²) in [5.41, 5.74) is 0. The maximum atomic E-state index is 12.9. The quantitative estimate of drug-likeness (QED) is 0.771. The zero-order valence-corrected chi connectivity index (χ0v) is 18.3. The van der Waals surface area contributed by atoms with Crippen LogP contribution in [-0.2, 0) is 14.8 Å². The molecule has 0 aromatic heterocycles. The summed E-state index contributed by atoms with van der Waals surface area (Å²) in [6.45, 7) is 4.05. The number of benzene rings is 1. The molecule has 2 aliphatic rings. The molecule has 0 spiro atoms. The second-order valence-electron chi connectivity index (χ2n) is 7.98. The highest BCUT2D eigenvalue weighted by atomic mass is 35.5. The Labute approximate surface area is 173 Å². The van der Waals surface area contributed by atoms with Gasteiger partial charge in [0.2, 0.25) is 10.0 Å². The molecule has 0 unspecified atom stereocenters. The summed E-state index contributed by atoms with van der Waals surface area (Å²) >= 11 is 5.95. The van der Waals surface area contributed by atoms with Crippen molar-refractivity contribution in [3.05, 3.63) is 29.3 Å². The zero-order chi connectivity index (χ0) is 20.3. The molecule has 1 saturated carbocycles. The average molecular weight is 429 g/mol. The third-order valence-corrected chi connectivity index (χ3v) is 8.38. The molecule has 8 heteroatoms. The first-order valence-corrected chi connectivity index (χ1v) is 12.0. The summed E-state index contributed by atoms with van der Waals surface area (Å²) in [5, 5.41) is 0.412. The summed E-state index contributed by atoms with van der Waals surface area (Å²) in [4.78, 5) is 16.3. The van der Waals surface area contributed by atoms with Gasteiger partial charge in [-0.3, -0.25) is 4.79 Å². The SMILES string of the molecule is C[C@@H](C(=O)N(C)C1CCCCC1)[NH+]1CCN(S(=O)(=O)c2cccc(Cl)c2)CC1. The Morgan fingerprint density at radius 1 is 1.21 bits per heavy atom. The van der Waals surface area contributed by atoms with Crippen molar-refractivity contribution in [3.8, 4) is 0 Å². The van der Waals surface area contributed by atoms with Gasteiger partial charge in [0.25, 0.3) is 5.91 Å². The van der Waals surface area contributed by atoms with E-state index < -0.39 is 10.0 Å². The van der Waals surface area contributed by atoms with Crippen LogP contribution in [0.3, 0.4) is 0 Å². The van der Waals surface area contributed by atoms with Crippen molar-refractivity contribution >= 4 is 27.5 Å². The molecule has 1 heterocycles. The standard InChI is InChI=1S/C20H30ClN3O3S/c1-16(20(25)22(2)18-8-4-3-5-9-18)23-11-13-24(14-12-23)28(26,27)19-10-6-7-17(21)15-19/h6-7,10,15-16,18H,3-5,8-9,11-14H2,1-2H3/p+1/t16-/m0/s1. The molecule has 156 valence electrons. The van der Waals surface area contributed by atoms with Gasteiger partial charge in [0, 0.05) is 18.1 Å². The van der Waals surface area contributed by atoms with E-state index in [0.717, 1.165) is 17.7 Å². The van der Waals surface area contributed by atoms with Gasteiger partial charge in [0.15, 0.2) is 6.04 Å². The minimum absolute atomic E-state index is 0.150. The van der Waals surface area contributed by atoms with Crippen LogP contribution >= 0.6 is 11.6 Å². The number of halogens is 1. The lowest BCUT2D eigenvalue weighted by Gasteiger charge is -2.37. The normalized spacial score (nSPS) is 21.4. The number of nitrogens with zero attached hydrogens (tertiary/aromatic N) is 2. The number of carbonyl (C=O) groups excluding carboxylic acids is 1. The van der Waals surface area contributed by atoms with Crippen molar-refractivity contribution in [2.75, 3.05) is 33.2 Å². The summed E-state index contributed by atoms with van der Waals surface area (Å²) in [7, 11) is -1.62. The molecule has 1 saturated heterocycles. The molecule has 1 aromatic carbocycles. The lowest BCUT2D eigenvalue weighted by atomic mass is 9.94. The van der Waals surface area contributed by atoms with E-state index in [2.05, 4.69) is 0 Å². The molecule has 3 rings (SSSR count). The molecular formula is C20H31ClN3O3S+. The fourth-order valence-electron chi connectivity index (χ4n) is 4.35. The van der Waals surface area contributed by atoms with Crippen molar-refractivity contribution in [2.45, 2.75) is 56.0 Å². The van der Waals surface area contributed by atoms with Crippen molar-refractivity contribution < 1.29 is 18.1 Å². The Kier molecular flexibility index (Phi) is 7.02. The van der Waals surface area contributed by atoms with Crippen LogP contribution in [0.15, 0.2) is 29.2 Å². The van der Waals surface area contributed by atoms with E-state index >= 15 is 0 Å². The van der Waals surface area contributed by atoms with Crippen LogP contribution in [-0.4, -0.2) is 68.8 Å². The summed E-state index contributed by atoms with van der Waals surface area (Å²) in [6.07, 6.45) is 5.85. The Morgan fingerprint density at radius 2 is 1.86 bits per heavy atom. The number of carbonyl (C=O) groups is 1. The second-order valence-corrected chi connectivity index (χ2v) is 10.4. The molecule has 0 radical (unpaired) electrons. The molecular weight excluding hydrogens is 398 g/mol. The van der Waals surface area contributed by atoms with E-state index in [1.54, 1.807) is 18.2 Å². The maximum Gasteiger partial charge on any atom is 0.280 e. The van der Waals surface area contributed by atoms with Crippen LogP contribution in [0.2, 0.25) is 5.02 Å². The van der Waals surface area contributed by atoms with Gasteiger partial charge >= 0.3 is 0 Å². The predicted octanol–water partition coefficient (Wildman–Crippen LogP) is 1.41. The number of nitrogens with one attached hydrogen (secondary N) is 1. The molecule has 1 amide bonds. The summed E-state index contributed by atoms with van der Waals surface area (Å²) in [5.74, 6) is 0.174.